The molecule has 170 valence electrons. The number of hydrogen-bond acceptors (Lipinski definition) is 4. The fourth-order valence-electron chi connectivity index (χ4n) is 4.25. The minimum absolute atomic E-state index is 0.137. The number of H-pyrrole nitrogens is 1. The number of methoxy groups -OCH3 is 1. The van der Waals surface area contributed by atoms with E-state index in [-0.39, 0.29) is 11.3 Å². The van der Waals surface area contributed by atoms with E-state index in [1.165, 1.54) is 0 Å². The molecular weight excluding hydrogens is 428 g/mol. The first-order valence-corrected chi connectivity index (χ1v) is 11.1. The van der Waals surface area contributed by atoms with Gasteiger partial charge in [-0.15, -0.1) is 0 Å². The number of fused-ring (bicyclic) bond motifs is 2. The molecule has 2 heterocycles. The van der Waals surface area contributed by atoms with E-state index in [0.29, 0.717) is 40.8 Å². The minimum Gasteiger partial charge on any atom is -0.497 e. The molecule has 0 saturated carbocycles. The standard InChI is InChI=1S/C28H24N2O4/c1-17-25(31)21-9-6-10-22(27(21)34-26(17)18-7-4-3-5-8-18)28(32)29-14-13-19-16-30-24-12-11-20(33-2)15-23(19)24/h3-12,15-16,30H,13-14H2,1-2H3,(H,29,32). The normalized spacial score (nSPS) is 11.1. The zero-order chi connectivity index (χ0) is 23.7. The minimum atomic E-state index is -0.283. The third-order valence-electron chi connectivity index (χ3n) is 6.08. The van der Waals surface area contributed by atoms with E-state index >= 15 is 0 Å². The molecule has 6 heteroatoms. The Kier molecular flexibility index (Phi) is 5.64. The van der Waals surface area contributed by atoms with Crippen molar-refractivity contribution in [3.05, 3.63) is 99.8 Å². The maximum atomic E-state index is 13.1. The number of ether oxygens (including phenoxy) is 1. The van der Waals surface area contributed by atoms with Gasteiger partial charge in [0.25, 0.3) is 5.91 Å². The van der Waals surface area contributed by atoms with Crippen LogP contribution in [0.15, 0.2) is 82.1 Å². The summed E-state index contributed by atoms with van der Waals surface area (Å²) in [7, 11) is 1.64. The Bertz CT molecular complexity index is 1560. The molecule has 5 rings (SSSR count). The first-order valence-electron chi connectivity index (χ1n) is 11.1. The van der Waals surface area contributed by atoms with Crippen molar-refractivity contribution in [2.75, 3.05) is 13.7 Å². The van der Waals surface area contributed by atoms with Crippen molar-refractivity contribution in [3.8, 4) is 17.1 Å². The van der Waals surface area contributed by atoms with Gasteiger partial charge in [-0.3, -0.25) is 9.59 Å². The van der Waals surface area contributed by atoms with E-state index in [4.69, 9.17) is 9.15 Å². The third-order valence-corrected chi connectivity index (χ3v) is 6.08. The average Bonchev–Trinajstić information content (AvgIpc) is 3.28. The molecule has 2 aromatic heterocycles. The monoisotopic (exact) mass is 452 g/mol. The van der Waals surface area contributed by atoms with Gasteiger partial charge in [-0.25, -0.2) is 0 Å². The van der Waals surface area contributed by atoms with E-state index in [1.807, 2.05) is 54.7 Å². The maximum absolute atomic E-state index is 13.1. The van der Waals surface area contributed by atoms with Gasteiger partial charge < -0.3 is 19.5 Å². The van der Waals surface area contributed by atoms with Crippen LogP contribution < -0.4 is 15.5 Å². The van der Waals surface area contributed by atoms with Crippen LogP contribution >= 0.6 is 0 Å². The van der Waals surface area contributed by atoms with Crippen LogP contribution in [0.5, 0.6) is 5.75 Å². The van der Waals surface area contributed by atoms with Crippen molar-refractivity contribution in [1.82, 2.24) is 10.3 Å². The number of carbonyl (C=O) groups is 1. The maximum Gasteiger partial charge on any atom is 0.255 e. The van der Waals surface area contributed by atoms with Gasteiger partial charge in [0, 0.05) is 34.8 Å². The molecule has 0 aliphatic rings. The topological polar surface area (TPSA) is 84.3 Å². The second-order valence-electron chi connectivity index (χ2n) is 8.16. The van der Waals surface area contributed by atoms with Gasteiger partial charge in [-0.05, 0) is 49.2 Å². The van der Waals surface area contributed by atoms with Crippen LogP contribution in [0.1, 0.15) is 21.5 Å². The highest BCUT2D eigenvalue weighted by molar-refractivity contribution is 6.05. The molecule has 0 spiro atoms. The molecule has 0 aliphatic heterocycles. The molecule has 0 fully saturated rings. The van der Waals surface area contributed by atoms with E-state index in [2.05, 4.69) is 10.3 Å². The van der Waals surface area contributed by atoms with Crippen LogP contribution in [0, 0.1) is 6.92 Å². The molecule has 0 bridgehead atoms. The SMILES string of the molecule is COc1ccc2[nH]cc(CCNC(=O)c3cccc4c(=O)c(C)c(-c5ccccc5)oc34)c2c1. The summed E-state index contributed by atoms with van der Waals surface area (Å²) in [6.45, 7) is 2.18. The Balaban J connectivity index is 1.42. The Morgan fingerprint density at radius 2 is 1.85 bits per heavy atom. The van der Waals surface area contributed by atoms with Crippen LogP contribution in [0.2, 0.25) is 0 Å². The number of aromatic nitrogens is 1. The Morgan fingerprint density at radius 1 is 1.03 bits per heavy atom. The van der Waals surface area contributed by atoms with E-state index in [9.17, 15) is 9.59 Å². The molecule has 6 nitrogen and oxygen atoms in total. The fraction of sp³-hybridized carbons (Fsp3) is 0.143. The lowest BCUT2D eigenvalue weighted by molar-refractivity contribution is 0.0955. The second kappa shape index (κ2) is 8.90. The lowest BCUT2D eigenvalue weighted by atomic mass is 10.0. The van der Waals surface area contributed by atoms with Crippen molar-refractivity contribution in [1.29, 1.82) is 0 Å². The summed E-state index contributed by atoms with van der Waals surface area (Å²) in [5.41, 5.74) is 3.92. The summed E-state index contributed by atoms with van der Waals surface area (Å²) in [5.74, 6) is 0.979. The number of aromatic amines is 1. The van der Waals surface area contributed by atoms with Gasteiger partial charge in [0.2, 0.25) is 0 Å². The van der Waals surface area contributed by atoms with Gasteiger partial charge in [-0.1, -0.05) is 36.4 Å². The summed E-state index contributed by atoms with van der Waals surface area (Å²) in [5, 5.41) is 4.43. The molecular formula is C28H24N2O4. The van der Waals surface area contributed by atoms with E-state index in [1.54, 1.807) is 32.2 Å². The largest absolute Gasteiger partial charge is 0.497 e. The number of benzene rings is 3. The summed E-state index contributed by atoms with van der Waals surface area (Å²) in [6, 6.07) is 20.4. The molecule has 0 aliphatic carbocycles. The Morgan fingerprint density at radius 3 is 2.65 bits per heavy atom. The van der Waals surface area contributed by atoms with Gasteiger partial charge in [0.05, 0.1) is 18.1 Å². The zero-order valence-corrected chi connectivity index (χ0v) is 19.0. The van der Waals surface area contributed by atoms with Gasteiger partial charge in [0.1, 0.15) is 11.5 Å². The average molecular weight is 453 g/mol. The van der Waals surface area contributed by atoms with Crippen LogP contribution in [-0.4, -0.2) is 24.5 Å². The number of hydrogen-bond donors (Lipinski definition) is 2. The molecule has 34 heavy (non-hydrogen) atoms. The van der Waals surface area contributed by atoms with Crippen LogP contribution in [0.4, 0.5) is 0 Å². The quantitative estimate of drug-likeness (QED) is 0.369. The Labute approximate surface area is 196 Å². The number of rotatable bonds is 6. The first kappa shape index (κ1) is 21.5. The van der Waals surface area contributed by atoms with E-state index < -0.39 is 0 Å². The zero-order valence-electron chi connectivity index (χ0n) is 19.0. The summed E-state index contributed by atoms with van der Waals surface area (Å²) in [6.07, 6.45) is 2.59. The molecule has 2 N–H and O–H groups in total. The predicted molar refractivity (Wildman–Crippen MR) is 134 cm³/mol. The number of carbonyl (C=O) groups excluding carboxylic acids is 1. The Hall–Kier alpha value is -4.32. The second-order valence-corrected chi connectivity index (χ2v) is 8.16. The van der Waals surface area contributed by atoms with Crippen molar-refractivity contribution in [2.24, 2.45) is 0 Å². The number of amides is 1. The first-order chi connectivity index (χ1) is 16.6. The van der Waals surface area contributed by atoms with Crippen molar-refractivity contribution >= 4 is 27.8 Å². The molecule has 3 aromatic carbocycles. The van der Waals surface area contributed by atoms with Crippen molar-refractivity contribution < 1.29 is 13.9 Å². The highest BCUT2D eigenvalue weighted by Gasteiger charge is 2.18. The molecule has 1 amide bonds. The molecule has 0 saturated heterocycles. The van der Waals surface area contributed by atoms with E-state index in [0.717, 1.165) is 27.8 Å². The third kappa shape index (κ3) is 3.83. The summed E-state index contributed by atoms with van der Waals surface area (Å²) >= 11 is 0. The fourth-order valence-corrected chi connectivity index (χ4v) is 4.25. The molecule has 5 aromatic rings. The molecule has 0 unspecified atom stereocenters. The highest BCUT2D eigenvalue weighted by atomic mass is 16.5. The molecule has 0 atom stereocenters. The van der Waals surface area contributed by atoms with Crippen LogP contribution in [0.25, 0.3) is 33.2 Å². The van der Waals surface area contributed by atoms with Crippen LogP contribution in [-0.2, 0) is 6.42 Å². The number of para-hydroxylation sites is 1. The molecule has 0 radical (unpaired) electrons. The summed E-state index contributed by atoms with van der Waals surface area (Å²) < 4.78 is 11.5. The lowest BCUT2D eigenvalue weighted by Crippen LogP contribution is -2.26. The number of nitrogens with one attached hydrogen (secondary N) is 2. The summed E-state index contributed by atoms with van der Waals surface area (Å²) in [4.78, 5) is 29.4. The smallest absolute Gasteiger partial charge is 0.255 e. The van der Waals surface area contributed by atoms with Crippen molar-refractivity contribution in [2.45, 2.75) is 13.3 Å². The predicted octanol–water partition coefficient (Wildman–Crippen LogP) is 5.23. The van der Waals surface area contributed by atoms with Gasteiger partial charge in [-0.2, -0.15) is 0 Å². The van der Waals surface area contributed by atoms with Gasteiger partial charge in [0.15, 0.2) is 11.0 Å². The van der Waals surface area contributed by atoms with Crippen LogP contribution in [0.3, 0.4) is 0 Å². The lowest BCUT2D eigenvalue weighted by Gasteiger charge is -2.11. The van der Waals surface area contributed by atoms with Crippen molar-refractivity contribution in [3.63, 3.8) is 0 Å². The van der Waals surface area contributed by atoms with Gasteiger partial charge >= 0.3 is 0 Å². The highest BCUT2D eigenvalue weighted by Crippen LogP contribution is 2.27.